The fourth-order valence-electron chi connectivity index (χ4n) is 4.85. The van der Waals surface area contributed by atoms with E-state index in [9.17, 15) is 20.1 Å². The molecule has 0 saturated carbocycles. The lowest BCUT2D eigenvalue weighted by Crippen LogP contribution is -2.39. The maximum atomic E-state index is 15.8. The van der Waals surface area contributed by atoms with Crippen LogP contribution in [0.3, 0.4) is 0 Å². The van der Waals surface area contributed by atoms with Crippen molar-refractivity contribution in [2.24, 2.45) is 11.8 Å². The van der Waals surface area contributed by atoms with Crippen LogP contribution in [0.2, 0.25) is 0 Å². The Labute approximate surface area is 252 Å². The third-order valence-corrected chi connectivity index (χ3v) is 7.21. The van der Waals surface area contributed by atoms with E-state index in [0.29, 0.717) is 11.3 Å². The van der Waals surface area contributed by atoms with Crippen LogP contribution in [0.15, 0.2) is 77.9 Å². The summed E-state index contributed by atoms with van der Waals surface area (Å²) in [6.45, 7) is 6.46. The lowest BCUT2D eigenvalue weighted by Gasteiger charge is -2.31. The molecule has 0 aromatic heterocycles. The Kier molecular flexibility index (Phi) is 12.6. The van der Waals surface area contributed by atoms with Crippen molar-refractivity contribution in [2.75, 3.05) is 21.0 Å². The smallest absolute Gasteiger partial charge is 0.338 e. The Hall–Kier alpha value is -2.90. The van der Waals surface area contributed by atoms with Crippen molar-refractivity contribution in [3.05, 3.63) is 83.4 Å². The maximum absolute atomic E-state index is 15.8. The number of rotatable bonds is 14. The summed E-state index contributed by atoms with van der Waals surface area (Å²) >= 11 is 0. The zero-order valence-corrected chi connectivity index (χ0v) is 25.4. The fourth-order valence-corrected chi connectivity index (χ4v) is 4.85. The topological polar surface area (TPSA) is 133 Å². The number of hydrogen-bond donors (Lipinski definition) is 3. The number of ether oxygens (including phenoxy) is 6. The number of aliphatic hydroxyl groups is 3. The number of carbonyl (C=O) groups is 1. The minimum absolute atomic E-state index is 0.0712. The molecule has 1 aromatic rings. The summed E-state index contributed by atoms with van der Waals surface area (Å²) in [5.41, 5.74) is 0.748. The van der Waals surface area contributed by atoms with Crippen LogP contribution in [-0.2, 0) is 28.4 Å². The van der Waals surface area contributed by atoms with Crippen LogP contribution in [0.25, 0.3) is 0 Å². The Morgan fingerprint density at radius 2 is 1.81 bits per heavy atom. The number of benzene rings is 1. The van der Waals surface area contributed by atoms with E-state index in [4.69, 9.17) is 28.4 Å². The Morgan fingerprint density at radius 1 is 1.12 bits per heavy atom. The number of aliphatic hydroxyl groups excluding tert-OH is 2. The van der Waals surface area contributed by atoms with Crippen LogP contribution < -0.4 is 0 Å². The molecule has 3 N–H and O–H groups in total. The van der Waals surface area contributed by atoms with Gasteiger partial charge in [0.25, 0.3) is 0 Å². The second-order valence-electron chi connectivity index (χ2n) is 11.0. The lowest BCUT2D eigenvalue weighted by atomic mass is 9.87. The molecule has 0 spiro atoms. The van der Waals surface area contributed by atoms with Gasteiger partial charge in [-0.2, -0.15) is 0 Å². The van der Waals surface area contributed by atoms with Gasteiger partial charge < -0.3 is 43.7 Å². The monoisotopic (exact) mass is 606 g/mol. The molecule has 43 heavy (non-hydrogen) atoms. The van der Waals surface area contributed by atoms with Crippen LogP contribution in [0.1, 0.15) is 44.5 Å². The van der Waals surface area contributed by atoms with Crippen molar-refractivity contribution in [3.8, 4) is 0 Å². The van der Waals surface area contributed by atoms with Crippen molar-refractivity contribution in [3.63, 3.8) is 0 Å². The summed E-state index contributed by atoms with van der Waals surface area (Å²) < 4.78 is 49.7. The van der Waals surface area contributed by atoms with Gasteiger partial charge in [-0.1, -0.05) is 37.3 Å². The average Bonchev–Trinajstić information content (AvgIpc) is 3.27. The number of esters is 1. The van der Waals surface area contributed by atoms with Gasteiger partial charge in [-0.05, 0) is 63.1 Å². The van der Waals surface area contributed by atoms with Gasteiger partial charge in [0.05, 0.1) is 36.9 Å². The van der Waals surface area contributed by atoms with Crippen molar-refractivity contribution in [2.45, 2.75) is 76.7 Å². The quantitative estimate of drug-likeness (QED) is 0.211. The Balaban J connectivity index is 1.90. The van der Waals surface area contributed by atoms with E-state index in [1.54, 1.807) is 75.4 Å². The Morgan fingerprint density at radius 3 is 2.42 bits per heavy atom. The summed E-state index contributed by atoms with van der Waals surface area (Å²) in [6.07, 6.45) is 1.49. The van der Waals surface area contributed by atoms with Crippen LogP contribution in [0.5, 0.6) is 0 Å². The molecular formula is C32H43FO10. The molecule has 238 valence electrons. The second-order valence-corrected chi connectivity index (χ2v) is 11.0. The van der Waals surface area contributed by atoms with Crippen molar-refractivity contribution in [1.29, 1.82) is 0 Å². The molecule has 0 amide bonds. The lowest BCUT2D eigenvalue weighted by molar-refractivity contribution is -0.154. The van der Waals surface area contributed by atoms with Gasteiger partial charge in [0.2, 0.25) is 0 Å². The molecule has 10 nitrogen and oxygen atoms in total. The molecule has 1 fully saturated rings. The average molecular weight is 607 g/mol. The zero-order chi connectivity index (χ0) is 31.7. The number of halogens is 1. The van der Waals surface area contributed by atoms with Crippen molar-refractivity contribution >= 4 is 5.97 Å². The van der Waals surface area contributed by atoms with Gasteiger partial charge >= 0.3 is 5.97 Å². The predicted octanol–water partition coefficient (Wildman–Crippen LogP) is 3.94. The largest absolute Gasteiger partial charge is 0.497 e. The molecule has 1 aliphatic heterocycles. The molecule has 11 heteroatoms. The summed E-state index contributed by atoms with van der Waals surface area (Å²) in [5.74, 6) is -3.60. The molecule has 7 atom stereocenters. The molecule has 1 saturated heterocycles. The number of allylic oxidation sites excluding steroid dienone is 2. The van der Waals surface area contributed by atoms with E-state index in [0.717, 1.165) is 0 Å². The van der Waals surface area contributed by atoms with Gasteiger partial charge in [0.15, 0.2) is 18.2 Å². The molecule has 2 aliphatic rings. The highest BCUT2D eigenvalue weighted by atomic mass is 19.1. The molecule has 0 bridgehead atoms. The van der Waals surface area contributed by atoms with Gasteiger partial charge in [0.1, 0.15) is 24.5 Å². The SMILES string of the molecule is COCOC1C=C(OC)C=C(/C=C/C[C@H]2OC(C)(C)O[C@@H]2C(OC(=O)c2ccccc2)/C(F)=C\[C@@H](C)[C@H](C)O)[C@@H]1C(O)O. The zero-order valence-electron chi connectivity index (χ0n) is 25.4. The first kappa shape index (κ1) is 34.6. The summed E-state index contributed by atoms with van der Waals surface area (Å²) in [6, 6.07) is 8.21. The normalized spacial score (nSPS) is 26.2. The van der Waals surface area contributed by atoms with E-state index in [2.05, 4.69) is 0 Å². The summed E-state index contributed by atoms with van der Waals surface area (Å²) in [7, 11) is 2.94. The Bertz CT molecular complexity index is 1170. The van der Waals surface area contributed by atoms with Crippen molar-refractivity contribution < 1.29 is 52.9 Å². The molecule has 1 aliphatic carbocycles. The first-order valence-electron chi connectivity index (χ1n) is 14.1. The molecule has 1 heterocycles. The van der Waals surface area contributed by atoms with Crippen LogP contribution in [0, 0.1) is 11.8 Å². The van der Waals surface area contributed by atoms with Gasteiger partial charge in [-0.15, -0.1) is 0 Å². The highest BCUT2D eigenvalue weighted by Crippen LogP contribution is 2.37. The minimum Gasteiger partial charge on any atom is -0.497 e. The summed E-state index contributed by atoms with van der Waals surface area (Å²) in [5, 5.41) is 30.3. The van der Waals surface area contributed by atoms with E-state index in [-0.39, 0.29) is 18.8 Å². The van der Waals surface area contributed by atoms with E-state index in [1.807, 2.05) is 0 Å². The van der Waals surface area contributed by atoms with Crippen molar-refractivity contribution in [1.82, 2.24) is 0 Å². The van der Waals surface area contributed by atoms with Gasteiger partial charge in [0, 0.05) is 13.0 Å². The minimum atomic E-state index is -1.75. The molecule has 1 aromatic carbocycles. The second kappa shape index (κ2) is 15.7. The number of methoxy groups -OCH3 is 2. The molecule has 2 unspecified atom stereocenters. The molecular weight excluding hydrogens is 563 g/mol. The van der Waals surface area contributed by atoms with Gasteiger partial charge in [-0.25, -0.2) is 9.18 Å². The third kappa shape index (κ3) is 9.54. The first-order chi connectivity index (χ1) is 20.4. The fraction of sp³-hybridized carbons (Fsp3) is 0.531. The van der Waals surface area contributed by atoms with Crippen LogP contribution in [-0.4, -0.2) is 84.9 Å². The predicted molar refractivity (Wildman–Crippen MR) is 155 cm³/mol. The van der Waals surface area contributed by atoms with E-state index < -0.39 is 66.2 Å². The number of hydrogen-bond acceptors (Lipinski definition) is 10. The summed E-state index contributed by atoms with van der Waals surface area (Å²) in [4.78, 5) is 13.0. The molecule has 3 rings (SSSR count). The highest BCUT2D eigenvalue weighted by molar-refractivity contribution is 5.89. The van der Waals surface area contributed by atoms with Crippen LogP contribution in [0.4, 0.5) is 4.39 Å². The third-order valence-electron chi connectivity index (χ3n) is 7.21. The van der Waals surface area contributed by atoms with Crippen LogP contribution >= 0.6 is 0 Å². The van der Waals surface area contributed by atoms with E-state index in [1.165, 1.54) is 27.2 Å². The van der Waals surface area contributed by atoms with Gasteiger partial charge in [-0.3, -0.25) is 0 Å². The first-order valence-corrected chi connectivity index (χ1v) is 14.1. The highest BCUT2D eigenvalue weighted by Gasteiger charge is 2.48. The molecule has 0 radical (unpaired) electrons. The number of carbonyl (C=O) groups excluding carboxylic acids is 1. The van der Waals surface area contributed by atoms with E-state index >= 15 is 4.39 Å². The maximum Gasteiger partial charge on any atom is 0.338 e. The standard InChI is InChI=1S/C32H43FO10/c1-19(20(2)34)15-24(33)28(41-31(37)21-11-8-7-9-12-21)29-25(42-32(3,4)43-29)14-10-13-22-16-23(39-6)17-26(40-18-38-5)27(22)30(35)36/h7-13,15-17,19-20,25-30,34-36H,14,18H2,1-6H3/b13-10+,24-15+/t19-,20+,25-,26?,27+,28?,29+/m1/s1.